The first-order valence-corrected chi connectivity index (χ1v) is 23.5. The SMILES string of the molecule is c1ccc([Si](c2ccccc2)(c2ccccc2)c2cccc(-c3nc4nc(n3)n3c5ccccc5c5cccc(c6ccccc6c6cccc7c8ccccc8n4c67)c53)c2)cc1. The van der Waals surface area contributed by atoms with Crippen LogP contribution in [0.4, 0.5) is 0 Å². The maximum atomic E-state index is 5.55. The van der Waals surface area contributed by atoms with E-state index in [1.54, 1.807) is 0 Å². The molecule has 5 nitrogen and oxygen atoms in total. The lowest BCUT2D eigenvalue weighted by atomic mass is 10.0. The van der Waals surface area contributed by atoms with E-state index in [0.29, 0.717) is 17.4 Å². The molecule has 0 aliphatic rings. The second-order valence-electron chi connectivity index (χ2n) is 16.3. The fourth-order valence-electron chi connectivity index (χ4n) is 10.5. The molecule has 13 rings (SSSR count). The summed E-state index contributed by atoms with van der Waals surface area (Å²) < 4.78 is 4.54. The highest BCUT2D eigenvalue weighted by Crippen LogP contribution is 2.38. The molecule has 63 heavy (non-hydrogen) atoms. The van der Waals surface area contributed by atoms with Crippen LogP contribution in [0.15, 0.2) is 224 Å². The summed E-state index contributed by atoms with van der Waals surface area (Å²) in [5.41, 5.74) is 5.14. The van der Waals surface area contributed by atoms with E-state index in [-0.39, 0.29) is 0 Å². The first kappa shape index (κ1) is 35.6. The van der Waals surface area contributed by atoms with Crippen LogP contribution in [0, 0.1) is 0 Å². The van der Waals surface area contributed by atoms with Gasteiger partial charge in [0.15, 0.2) is 13.9 Å². The lowest BCUT2D eigenvalue weighted by Gasteiger charge is -2.34. The van der Waals surface area contributed by atoms with E-state index >= 15 is 0 Å². The van der Waals surface area contributed by atoms with Crippen molar-refractivity contribution in [2.45, 2.75) is 0 Å². The first-order chi connectivity index (χ1) is 31.3. The van der Waals surface area contributed by atoms with Crippen molar-refractivity contribution in [2.24, 2.45) is 0 Å². The van der Waals surface area contributed by atoms with Gasteiger partial charge in [0.2, 0.25) is 11.6 Å². The molecule has 0 atom stereocenters. The number of nitrogens with zero attached hydrogens (tertiary/aromatic N) is 5. The molecule has 0 amide bonds. The number of rotatable bonds is 5. The normalized spacial score (nSPS) is 12.1. The van der Waals surface area contributed by atoms with E-state index in [4.69, 9.17) is 15.0 Å². The summed E-state index contributed by atoms with van der Waals surface area (Å²) in [5.74, 6) is 1.75. The molecule has 294 valence electrons. The fraction of sp³-hybridized carbons (Fsp3) is 0. The maximum absolute atomic E-state index is 5.55. The van der Waals surface area contributed by atoms with Gasteiger partial charge in [0.25, 0.3) is 0 Å². The summed E-state index contributed by atoms with van der Waals surface area (Å²) in [6.07, 6.45) is 0. The zero-order chi connectivity index (χ0) is 41.5. The molecule has 9 aromatic carbocycles. The van der Waals surface area contributed by atoms with Gasteiger partial charge in [-0.3, -0.25) is 8.80 Å². The Morgan fingerprint density at radius 1 is 0.286 bits per heavy atom. The quantitative estimate of drug-likeness (QED) is 0.128. The molecule has 13 aromatic rings. The van der Waals surface area contributed by atoms with Crippen LogP contribution in [-0.4, -0.2) is 31.8 Å². The lowest BCUT2D eigenvalue weighted by molar-refractivity contribution is 1.06. The van der Waals surface area contributed by atoms with Gasteiger partial charge < -0.3 is 0 Å². The maximum Gasteiger partial charge on any atom is 0.240 e. The van der Waals surface area contributed by atoms with Crippen LogP contribution in [-0.2, 0) is 0 Å². The minimum Gasteiger partial charge on any atom is -0.277 e. The Kier molecular flexibility index (Phi) is 7.86. The molecule has 0 spiro atoms. The van der Waals surface area contributed by atoms with Gasteiger partial charge in [0, 0.05) is 37.9 Å². The van der Waals surface area contributed by atoms with Crippen molar-refractivity contribution in [3.63, 3.8) is 0 Å². The molecule has 0 N–H and O–H groups in total. The standard InChI is InChI=1S/C57H37N5Si/c1-4-20-39(21-5-1)63(40-22-6-2-7-23-40,41-24-8-3-9-25-41)42-26-16-19-38(37-42)55-58-56-60-57(59-55)62-52-36-15-13-30-46(52)50-34-18-32-48(54(50)62)44-28-11-10-27-43(44)47-31-17-33-49-45-29-12-14-35-51(45)61(56)53(47)49/h1-37H. The van der Waals surface area contributed by atoms with E-state index in [1.165, 1.54) is 20.7 Å². The zero-order valence-corrected chi connectivity index (χ0v) is 35.1. The summed E-state index contributed by atoms with van der Waals surface area (Å²) in [5, 5.41) is 14.3. The predicted molar refractivity (Wildman–Crippen MR) is 265 cm³/mol. The number of hydrogen-bond donors (Lipinski definition) is 0. The average molecular weight is 820 g/mol. The van der Waals surface area contributed by atoms with Gasteiger partial charge in [0.05, 0.1) is 22.1 Å². The fourth-order valence-corrected chi connectivity index (χ4v) is 15.3. The third kappa shape index (κ3) is 5.19. The second kappa shape index (κ2) is 13.9. The first-order valence-electron chi connectivity index (χ1n) is 21.5. The highest BCUT2D eigenvalue weighted by molar-refractivity contribution is 7.19. The van der Waals surface area contributed by atoms with Crippen molar-refractivity contribution in [3.8, 4) is 11.4 Å². The Hall–Kier alpha value is -8.19. The van der Waals surface area contributed by atoms with E-state index in [2.05, 4.69) is 233 Å². The van der Waals surface area contributed by atoms with Crippen LogP contribution >= 0.6 is 0 Å². The molecule has 6 heteroatoms. The number of aromatic nitrogens is 5. The Bertz CT molecular complexity index is 3700. The van der Waals surface area contributed by atoms with Crippen LogP contribution in [0.25, 0.3) is 88.1 Å². The van der Waals surface area contributed by atoms with Crippen molar-refractivity contribution >= 4 is 106 Å². The second-order valence-corrected chi connectivity index (χ2v) is 20.2. The molecule has 0 aliphatic carbocycles. The third-order valence-electron chi connectivity index (χ3n) is 13.1. The Balaban J connectivity index is 1.24. The van der Waals surface area contributed by atoms with Gasteiger partial charge in [-0.15, -0.1) is 0 Å². The summed E-state index contributed by atoms with van der Waals surface area (Å²) >= 11 is 0. The molecule has 0 fully saturated rings. The summed E-state index contributed by atoms with van der Waals surface area (Å²) in [7, 11) is -2.87. The number of fused-ring (bicyclic) bond motifs is 13. The molecule has 0 aliphatic heterocycles. The largest absolute Gasteiger partial charge is 0.277 e. The van der Waals surface area contributed by atoms with Gasteiger partial charge in [0.1, 0.15) is 0 Å². The molecule has 0 radical (unpaired) electrons. The minimum atomic E-state index is -2.87. The summed E-state index contributed by atoms with van der Waals surface area (Å²) in [6.45, 7) is 0. The van der Waals surface area contributed by atoms with Gasteiger partial charge >= 0.3 is 0 Å². The molecule has 2 bridgehead atoms. The topological polar surface area (TPSA) is 47.5 Å². The Morgan fingerprint density at radius 3 is 1.10 bits per heavy atom. The van der Waals surface area contributed by atoms with Crippen molar-refractivity contribution < 1.29 is 0 Å². The van der Waals surface area contributed by atoms with Crippen molar-refractivity contribution in [1.29, 1.82) is 0 Å². The summed E-state index contributed by atoms with van der Waals surface area (Å²) in [4.78, 5) is 16.6. The Morgan fingerprint density at radius 2 is 0.635 bits per heavy atom. The van der Waals surface area contributed by atoms with E-state index < -0.39 is 8.07 Å². The Labute approximate surface area is 363 Å². The number of para-hydroxylation sites is 4. The molecule has 0 saturated heterocycles. The van der Waals surface area contributed by atoms with Gasteiger partial charge in [-0.2, -0.15) is 15.0 Å². The molecule has 0 saturated carbocycles. The van der Waals surface area contributed by atoms with Gasteiger partial charge in [-0.1, -0.05) is 212 Å². The molecule has 4 heterocycles. The minimum absolute atomic E-state index is 0.569. The highest BCUT2D eigenvalue weighted by atomic mass is 28.3. The highest BCUT2D eigenvalue weighted by Gasteiger charge is 2.41. The molecule has 0 unspecified atom stereocenters. The van der Waals surface area contributed by atoms with Gasteiger partial charge in [-0.25, -0.2) is 0 Å². The molecule has 4 aromatic heterocycles. The number of benzene rings is 9. The van der Waals surface area contributed by atoms with Crippen molar-refractivity contribution in [2.75, 3.05) is 0 Å². The van der Waals surface area contributed by atoms with Crippen LogP contribution in [0.1, 0.15) is 0 Å². The zero-order valence-electron chi connectivity index (χ0n) is 34.1. The van der Waals surface area contributed by atoms with E-state index in [9.17, 15) is 0 Å². The predicted octanol–water partition coefficient (Wildman–Crippen LogP) is 10.9. The van der Waals surface area contributed by atoms with E-state index in [1.807, 2.05) is 0 Å². The van der Waals surface area contributed by atoms with Crippen LogP contribution in [0.5, 0.6) is 0 Å². The smallest absolute Gasteiger partial charge is 0.240 e. The van der Waals surface area contributed by atoms with E-state index in [0.717, 1.165) is 70.7 Å². The van der Waals surface area contributed by atoms with Crippen LogP contribution in [0.3, 0.4) is 0 Å². The third-order valence-corrected chi connectivity index (χ3v) is 17.9. The van der Waals surface area contributed by atoms with Gasteiger partial charge in [-0.05, 0) is 43.7 Å². The summed E-state index contributed by atoms with van der Waals surface area (Å²) in [6, 6.07) is 81.5. The van der Waals surface area contributed by atoms with Crippen molar-refractivity contribution in [3.05, 3.63) is 224 Å². The van der Waals surface area contributed by atoms with Crippen molar-refractivity contribution in [1.82, 2.24) is 23.8 Å². The average Bonchev–Trinajstić information content (AvgIpc) is 3.88. The monoisotopic (exact) mass is 819 g/mol. The van der Waals surface area contributed by atoms with Crippen LogP contribution < -0.4 is 20.7 Å². The van der Waals surface area contributed by atoms with Crippen LogP contribution in [0.2, 0.25) is 0 Å². The molecular formula is C57H37N5Si. The lowest BCUT2D eigenvalue weighted by Crippen LogP contribution is -2.74. The number of hydrogen-bond acceptors (Lipinski definition) is 3. The molecular weight excluding hydrogens is 783 g/mol.